The van der Waals surface area contributed by atoms with Crippen LogP contribution in [0.15, 0.2) is 24.3 Å². The van der Waals surface area contributed by atoms with Crippen molar-refractivity contribution in [2.45, 2.75) is 32.7 Å². The Kier molecular flexibility index (Phi) is 5.15. The van der Waals surface area contributed by atoms with E-state index < -0.39 is 0 Å². The van der Waals surface area contributed by atoms with Crippen LogP contribution in [-0.4, -0.2) is 43.0 Å². The summed E-state index contributed by atoms with van der Waals surface area (Å²) in [6.45, 7) is 7.53. The second-order valence-electron chi connectivity index (χ2n) is 7.02. The molecule has 0 aliphatic carbocycles. The van der Waals surface area contributed by atoms with Crippen LogP contribution in [0.3, 0.4) is 0 Å². The summed E-state index contributed by atoms with van der Waals surface area (Å²) in [4.78, 5) is 16.8. The van der Waals surface area contributed by atoms with Crippen molar-refractivity contribution in [1.82, 2.24) is 4.90 Å². The largest absolute Gasteiger partial charge is 0.327 e. The second kappa shape index (κ2) is 6.57. The van der Waals surface area contributed by atoms with E-state index in [1.807, 2.05) is 17.0 Å². The Hall–Kier alpha value is -1.10. The standard InChI is InChI=1S/C17H25N3O.ClH/c1-17(2)12-19(9-8-15(17)18)11-16(21)20-10-7-13-5-3-4-6-14(13)20;/h3-6,15H,7-12,18H2,1-2H3;1H. The van der Waals surface area contributed by atoms with Crippen molar-refractivity contribution in [2.75, 3.05) is 31.1 Å². The van der Waals surface area contributed by atoms with Gasteiger partial charge in [-0.15, -0.1) is 12.4 Å². The summed E-state index contributed by atoms with van der Waals surface area (Å²) >= 11 is 0. The lowest BCUT2D eigenvalue weighted by molar-refractivity contribution is -0.120. The zero-order chi connectivity index (χ0) is 15.0. The summed E-state index contributed by atoms with van der Waals surface area (Å²) in [7, 11) is 0. The van der Waals surface area contributed by atoms with Crippen LogP contribution in [-0.2, 0) is 11.2 Å². The molecule has 0 bridgehead atoms. The quantitative estimate of drug-likeness (QED) is 0.906. The Bertz CT molecular complexity index is 546. The number of benzene rings is 1. The van der Waals surface area contributed by atoms with Gasteiger partial charge in [-0.2, -0.15) is 0 Å². The Morgan fingerprint density at radius 1 is 1.32 bits per heavy atom. The van der Waals surface area contributed by atoms with Crippen molar-refractivity contribution in [1.29, 1.82) is 0 Å². The third-order valence-electron chi connectivity index (χ3n) is 4.94. The normalized spacial score (nSPS) is 23.8. The molecule has 1 atom stereocenters. The number of nitrogens with two attached hydrogens (primary N) is 1. The van der Waals surface area contributed by atoms with Crippen LogP contribution in [0.5, 0.6) is 0 Å². The molecule has 1 fully saturated rings. The highest BCUT2D eigenvalue weighted by atomic mass is 35.5. The maximum atomic E-state index is 12.6. The monoisotopic (exact) mass is 323 g/mol. The van der Waals surface area contributed by atoms with Crippen molar-refractivity contribution in [3.8, 4) is 0 Å². The van der Waals surface area contributed by atoms with Gasteiger partial charge in [0.25, 0.3) is 0 Å². The first kappa shape index (κ1) is 17.3. The number of hydrogen-bond donors (Lipinski definition) is 1. The number of carbonyl (C=O) groups excluding carboxylic acids is 1. The molecular weight excluding hydrogens is 298 g/mol. The van der Waals surface area contributed by atoms with E-state index in [4.69, 9.17) is 5.73 Å². The van der Waals surface area contributed by atoms with Crippen LogP contribution in [0, 0.1) is 5.41 Å². The van der Waals surface area contributed by atoms with Gasteiger partial charge in [0.1, 0.15) is 0 Å². The number of piperidine rings is 1. The number of anilines is 1. The number of amides is 1. The molecule has 22 heavy (non-hydrogen) atoms. The molecule has 2 aliphatic rings. The minimum Gasteiger partial charge on any atom is -0.327 e. The third-order valence-corrected chi connectivity index (χ3v) is 4.94. The minimum atomic E-state index is 0. The highest BCUT2D eigenvalue weighted by molar-refractivity contribution is 5.96. The SMILES string of the molecule is CC1(C)CN(CC(=O)N2CCc3ccccc32)CCC1N.Cl. The number of likely N-dealkylation sites (tertiary alicyclic amines) is 1. The highest BCUT2D eigenvalue weighted by Gasteiger charge is 2.35. The molecule has 1 aromatic rings. The first-order valence-corrected chi connectivity index (χ1v) is 7.83. The van der Waals surface area contributed by atoms with Crippen molar-refractivity contribution >= 4 is 24.0 Å². The van der Waals surface area contributed by atoms with Crippen LogP contribution in [0.4, 0.5) is 5.69 Å². The van der Waals surface area contributed by atoms with E-state index in [-0.39, 0.29) is 29.8 Å². The average Bonchev–Trinajstić information content (AvgIpc) is 2.86. The van der Waals surface area contributed by atoms with Crippen LogP contribution < -0.4 is 10.6 Å². The topological polar surface area (TPSA) is 49.6 Å². The lowest BCUT2D eigenvalue weighted by Crippen LogP contribution is -2.54. The Morgan fingerprint density at radius 3 is 2.77 bits per heavy atom. The molecule has 1 unspecified atom stereocenters. The number of rotatable bonds is 2. The maximum absolute atomic E-state index is 12.6. The van der Waals surface area contributed by atoms with E-state index in [1.54, 1.807) is 0 Å². The molecule has 2 heterocycles. The van der Waals surface area contributed by atoms with Crippen molar-refractivity contribution in [3.63, 3.8) is 0 Å². The van der Waals surface area contributed by atoms with E-state index in [2.05, 4.69) is 30.9 Å². The number of fused-ring (bicyclic) bond motifs is 1. The van der Waals surface area contributed by atoms with Crippen molar-refractivity contribution in [3.05, 3.63) is 29.8 Å². The van der Waals surface area contributed by atoms with E-state index in [1.165, 1.54) is 5.56 Å². The molecule has 1 saturated heterocycles. The third kappa shape index (κ3) is 3.29. The number of nitrogens with zero attached hydrogens (tertiary/aromatic N) is 2. The fraction of sp³-hybridized carbons (Fsp3) is 0.588. The average molecular weight is 324 g/mol. The number of para-hydroxylation sites is 1. The molecule has 3 rings (SSSR count). The lowest BCUT2D eigenvalue weighted by atomic mass is 9.80. The number of carbonyl (C=O) groups is 1. The molecule has 2 aliphatic heterocycles. The molecule has 1 amide bonds. The first-order chi connectivity index (χ1) is 9.97. The molecule has 0 saturated carbocycles. The Morgan fingerprint density at radius 2 is 2.05 bits per heavy atom. The van der Waals surface area contributed by atoms with Gasteiger partial charge in [-0.25, -0.2) is 0 Å². The molecule has 0 aromatic heterocycles. The van der Waals surface area contributed by atoms with Gasteiger partial charge in [-0.1, -0.05) is 32.0 Å². The zero-order valence-corrected chi connectivity index (χ0v) is 14.2. The van der Waals surface area contributed by atoms with Crippen LogP contribution in [0.25, 0.3) is 0 Å². The fourth-order valence-corrected chi connectivity index (χ4v) is 3.49. The lowest BCUT2D eigenvalue weighted by Gasteiger charge is -2.42. The van der Waals surface area contributed by atoms with E-state index >= 15 is 0 Å². The summed E-state index contributed by atoms with van der Waals surface area (Å²) in [6, 6.07) is 8.45. The van der Waals surface area contributed by atoms with Crippen molar-refractivity contribution in [2.24, 2.45) is 11.1 Å². The fourth-order valence-electron chi connectivity index (χ4n) is 3.49. The van der Waals surface area contributed by atoms with Gasteiger partial charge in [0, 0.05) is 31.4 Å². The van der Waals surface area contributed by atoms with E-state index in [0.717, 1.165) is 38.2 Å². The Labute approximate surface area is 139 Å². The number of halogens is 1. The molecule has 1 aromatic carbocycles. The summed E-state index contributed by atoms with van der Waals surface area (Å²) in [5.41, 5.74) is 8.63. The predicted molar refractivity (Wildman–Crippen MR) is 92.6 cm³/mol. The maximum Gasteiger partial charge on any atom is 0.241 e. The molecule has 122 valence electrons. The second-order valence-corrected chi connectivity index (χ2v) is 7.02. The van der Waals surface area contributed by atoms with Gasteiger partial charge in [0.15, 0.2) is 0 Å². The highest BCUT2D eigenvalue weighted by Crippen LogP contribution is 2.30. The van der Waals surface area contributed by atoms with Gasteiger partial charge in [-0.05, 0) is 29.9 Å². The molecule has 4 nitrogen and oxygen atoms in total. The van der Waals surface area contributed by atoms with Crippen LogP contribution >= 0.6 is 12.4 Å². The van der Waals surface area contributed by atoms with Gasteiger partial charge >= 0.3 is 0 Å². The van der Waals surface area contributed by atoms with Crippen LogP contribution in [0.2, 0.25) is 0 Å². The van der Waals surface area contributed by atoms with E-state index in [0.29, 0.717) is 6.54 Å². The molecule has 0 radical (unpaired) electrons. The van der Waals surface area contributed by atoms with Gasteiger partial charge < -0.3 is 10.6 Å². The minimum absolute atomic E-state index is 0. The van der Waals surface area contributed by atoms with Gasteiger partial charge in [-0.3, -0.25) is 9.69 Å². The van der Waals surface area contributed by atoms with Gasteiger partial charge in [0.05, 0.1) is 6.54 Å². The molecular formula is C17H26ClN3O. The predicted octanol–water partition coefficient (Wildman–Crippen LogP) is 2.06. The zero-order valence-electron chi connectivity index (χ0n) is 13.4. The van der Waals surface area contributed by atoms with Crippen LogP contribution in [0.1, 0.15) is 25.8 Å². The first-order valence-electron chi connectivity index (χ1n) is 7.83. The summed E-state index contributed by atoms with van der Waals surface area (Å²) in [6.07, 6.45) is 1.94. The summed E-state index contributed by atoms with van der Waals surface area (Å²) < 4.78 is 0. The van der Waals surface area contributed by atoms with Crippen molar-refractivity contribution < 1.29 is 4.79 Å². The molecule has 2 N–H and O–H groups in total. The number of hydrogen-bond acceptors (Lipinski definition) is 3. The smallest absolute Gasteiger partial charge is 0.241 e. The van der Waals surface area contributed by atoms with E-state index in [9.17, 15) is 4.79 Å². The van der Waals surface area contributed by atoms with Gasteiger partial charge in [0.2, 0.25) is 5.91 Å². The molecule has 0 spiro atoms. The summed E-state index contributed by atoms with van der Waals surface area (Å²) in [5, 5.41) is 0. The Balaban J connectivity index is 0.00000176. The molecule has 5 heteroatoms. The summed E-state index contributed by atoms with van der Waals surface area (Å²) in [5.74, 6) is 0.214.